The van der Waals surface area contributed by atoms with Crippen LogP contribution in [0.2, 0.25) is 10.0 Å². The summed E-state index contributed by atoms with van der Waals surface area (Å²) in [5, 5.41) is 2.22. The molecule has 0 radical (unpaired) electrons. The highest BCUT2D eigenvalue weighted by Gasteiger charge is 2.19. The maximum Gasteiger partial charge on any atom is 0.308 e. The number of hydrogen-bond donors (Lipinski definition) is 0. The Morgan fingerprint density at radius 1 is 0.804 bits per heavy atom. The van der Waals surface area contributed by atoms with Gasteiger partial charge in [-0.2, -0.15) is 0 Å². The minimum Gasteiger partial charge on any atom is -0.494 e. The number of fused-ring (bicyclic) bond motifs is 1. The molecule has 1 fully saturated rings. The summed E-state index contributed by atoms with van der Waals surface area (Å²) in [5.74, 6) is 0.956. The third kappa shape index (κ3) is 15.3. The van der Waals surface area contributed by atoms with E-state index in [2.05, 4.69) is 58.2 Å². The van der Waals surface area contributed by atoms with E-state index in [0.29, 0.717) is 29.0 Å². The number of aromatic nitrogens is 1. The van der Waals surface area contributed by atoms with E-state index in [1.165, 1.54) is 12.8 Å². The molecule has 2 aromatic carbocycles. The molecule has 1 aromatic heterocycles. The zero-order valence-corrected chi connectivity index (χ0v) is 31.8. The summed E-state index contributed by atoms with van der Waals surface area (Å²) in [4.78, 5) is 21.6. The van der Waals surface area contributed by atoms with Crippen LogP contribution in [0.1, 0.15) is 84.0 Å². The number of halogens is 2. The number of hydrogen-bond acceptors (Lipinski definition) is 7. The van der Waals surface area contributed by atoms with E-state index < -0.39 is 0 Å². The molecule has 0 unspecified atom stereocenters. The number of carbonyl (C=O) groups is 1. The van der Waals surface area contributed by atoms with Gasteiger partial charge in [-0.25, -0.2) is 4.98 Å². The van der Waals surface area contributed by atoms with Crippen molar-refractivity contribution in [1.29, 1.82) is 0 Å². The van der Waals surface area contributed by atoms with Gasteiger partial charge < -0.3 is 19.1 Å². The number of nitrogens with zero attached hydrogens (tertiary/aromatic N) is 3. The van der Waals surface area contributed by atoms with Crippen LogP contribution in [0.4, 0.5) is 5.69 Å². The van der Waals surface area contributed by atoms with Crippen LogP contribution >= 0.6 is 23.2 Å². The fourth-order valence-corrected chi connectivity index (χ4v) is 6.36. The molecule has 0 aliphatic carbocycles. The lowest BCUT2D eigenvalue weighted by Crippen LogP contribution is -2.46. The standard InChI is InChI=1S/C42H55Cl2N3O4/c1-2-3-4-5-6-7-8-9-10-11-12-13-14-15-16-22-41(48)51-34-50-40-26-24-35-23-25-36(33-38(35)45-40)49-32-18-17-27-46-28-30-47(31-29-46)39-21-19-20-37(43)42(39)44/h3-4,6-7,9-10,19-21,23-26,33H,2,5,8,11-18,22,27-32,34H2,1H3. The molecule has 0 bridgehead atoms. The molecule has 0 atom stereocenters. The average Bonchev–Trinajstić information content (AvgIpc) is 3.14. The van der Waals surface area contributed by atoms with Crippen molar-refractivity contribution in [3.8, 4) is 11.6 Å². The zero-order chi connectivity index (χ0) is 35.9. The van der Waals surface area contributed by atoms with Crippen LogP contribution in [0.5, 0.6) is 11.6 Å². The lowest BCUT2D eigenvalue weighted by Gasteiger charge is -2.36. The summed E-state index contributed by atoms with van der Waals surface area (Å²) in [6.07, 6.45) is 25.4. The van der Waals surface area contributed by atoms with E-state index in [1.807, 2.05) is 42.5 Å². The Hall–Kier alpha value is -3.52. The number of rotatable bonds is 23. The molecule has 1 saturated heterocycles. The Labute approximate surface area is 315 Å². The second kappa shape index (κ2) is 23.9. The molecule has 0 spiro atoms. The first-order chi connectivity index (χ1) is 25.0. The van der Waals surface area contributed by atoms with Gasteiger partial charge in [0.05, 0.1) is 27.9 Å². The molecule has 0 amide bonds. The van der Waals surface area contributed by atoms with Gasteiger partial charge in [0, 0.05) is 50.1 Å². The van der Waals surface area contributed by atoms with Crippen molar-refractivity contribution in [3.63, 3.8) is 0 Å². The number of ether oxygens (including phenoxy) is 3. The maximum absolute atomic E-state index is 12.2. The minimum atomic E-state index is -0.239. The molecule has 7 nitrogen and oxygen atoms in total. The lowest BCUT2D eigenvalue weighted by atomic mass is 10.1. The highest BCUT2D eigenvalue weighted by molar-refractivity contribution is 6.43. The van der Waals surface area contributed by atoms with Crippen LogP contribution in [-0.2, 0) is 9.53 Å². The number of esters is 1. The molecule has 276 valence electrons. The normalized spacial score (nSPS) is 14.0. The monoisotopic (exact) mass is 735 g/mol. The quantitative estimate of drug-likeness (QED) is 0.0416. The summed E-state index contributed by atoms with van der Waals surface area (Å²) in [6.45, 7) is 7.56. The highest BCUT2D eigenvalue weighted by atomic mass is 35.5. The highest BCUT2D eigenvalue weighted by Crippen LogP contribution is 2.33. The number of unbranched alkanes of at least 4 members (excludes halogenated alkanes) is 6. The molecule has 0 N–H and O–H groups in total. The Kier molecular flexibility index (Phi) is 18.8. The van der Waals surface area contributed by atoms with E-state index in [1.54, 1.807) is 6.07 Å². The third-order valence-electron chi connectivity index (χ3n) is 8.88. The average molecular weight is 737 g/mol. The Balaban J connectivity index is 1.02. The third-order valence-corrected chi connectivity index (χ3v) is 9.69. The number of carbonyl (C=O) groups excluding carboxylic acids is 1. The summed E-state index contributed by atoms with van der Waals surface area (Å²) >= 11 is 12.6. The van der Waals surface area contributed by atoms with E-state index in [4.69, 9.17) is 37.4 Å². The smallest absolute Gasteiger partial charge is 0.308 e. The van der Waals surface area contributed by atoms with Crippen molar-refractivity contribution in [2.75, 3.05) is 51.0 Å². The molecule has 9 heteroatoms. The van der Waals surface area contributed by atoms with E-state index >= 15 is 0 Å². The van der Waals surface area contributed by atoms with Gasteiger partial charge in [-0.1, -0.05) is 91.9 Å². The van der Waals surface area contributed by atoms with Gasteiger partial charge in [-0.3, -0.25) is 9.69 Å². The van der Waals surface area contributed by atoms with Gasteiger partial charge in [0.15, 0.2) is 0 Å². The molecule has 3 aromatic rings. The van der Waals surface area contributed by atoms with E-state index in [9.17, 15) is 4.79 Å². The fourth-order valence-electron chi connectivity index (χ4n) is 5.94. The minimum absolute atomic E-state index is 0.145. The molecule has 1 aliphatic heterocycles. The SMILES string of the molecule is CCC=CCC=CCC=CCCCCCCCC(=O)OCOc1ccc2ccc(OCCCCN3CCN(c4cccc(Cl)c4Cl)CC3)cc2n1. The molecule has 1 aliphatic rings. The first-order valence-corrected chi connectivity index (χ1v) is 19.5. The molecule has 2 heterocycles. The molecule has 51 heavy (non-hydrogen) atoms. The molecule has 0 saturated carbocycles. The largest absolute Gasteiger partial charge is 0.494 e. The van der Waals surface area contributed by atoms with Crippen LogP contribution in [0.25, 0.3) is 10.9 Å². The van der Waals surface area contributed by atoms with Crippen molar-refractivity contribution in [1.82, 2.24) is 9.88 Å². The van der Waals surface area contributed by atoms with Crippen molar-refractivity contribution in [2.24, 2.45) is 0 Å². The number of benzene rings is 2. The van der Waals surface area contributed by atoms with Crippen molar-refractivity contribution < 1.29 is 19.0 Å². The van der Waals surface area contributed by atoms with Crippen LogP contribution in [0.15, 0.2) is 85.0 Å². The summed E-state index contributed by atoms with van der Waals surface area (Å²) in [6, 6.07) is 15.4. The molecule has 4 rings (SSSR count). The number of piperazine rings is 1. The number of anilines is 1. The second-order valence-electron chi connectivity index (χ2n) is 12.8. The van der Waals surface area contributed by atoms with E-state index in [-0.39, 0.29) is 12.8 Å². The topological polar surface area (TPSA) is 64.1 Å². The van der Waals surface area contributed by atoms with Crippen LogP contribution < -0.4 is 14.4 Å². The van der Waals surface area contributed by atoms with Crippen molar-refractivity contribution >= 4 is 45.8 Å². The first kappa shape index (κ1) is 40.3. The predicted molar refractivity (Wildman–Crippen MR) is 212 cm³/mol. The van der Waals surface area contributed by atoms with Crippen LogP contribution in [0, 0.1) is 0 Å². The Morgan fingerprint density at radius 3 is 2.37 bits per heavy atom. The van der Waals surface area contributed by atoms with Crippen molar-refractivity contribution in [3.05, 3.63) is 95.0 Å². The van der Waals surface area contributed by atoms with Gasteiger partial charge in [-0.15, -0.1) is 0 Å². The first-order valence-electron chi connectivity index (χ1n) is 18.7. The summed E-state index contributed by atoms with van der Waals surface area (Å²) in [5.41, 5.74) is 1.79. The fraction of sp³-hybridized carbons (Fsp3) is 0.476. The Bertz CT molecular complexity index is 1550. The molecular weight excluding hydrogens is 681 g/mol. The van der Waals surface area contributed by atoms with Gasteiger partial charge >= 0.3 is 5.97 Å². The predicted octanol–water partition coefficient (Wildman–Crippen LogP) is 11.0. The number of pyridine rings is 1. The van der Waals surface area contributed by atoms with Gasteiger partial charge in [0.1, 0.15) is 5.75 Å². The van der Waals surface area contributed by atoms with E-state index in [0.717, 1.165) is 113 Å². The van der Waals surface area contributed by atoms with Crippen LogP contribution in [0.3, 0.4) is 0 Å². The van der Waals surface area contributed by atoms with Gasteiger partial charge in [-0.05, 0) is 88.2 Å². The molecular formula is C42H55Cl2N3O4. The second-order valence-corrected chi connectivity index (χ2v) is 13.6. The maximum atomic E-state index is 12.2. The van der Waals surface area contributed by atoms with Gasteiger partial charge in [0.2, 0.25) is 12.7 Å². The summed E-state index contributed by atoms with van der Waals surface area (Å²) < 4.78 is 17.0. The Morgan fingerprint density at radius 2 is 1.55 bits per heavy atom. The lowest BCUT2D eigenvalue weighted by molar-refractivity contribution is -0.150. The van der Waals surface area contributed by atoms with Crippen LogP contribution in [-0.4, -0.2) is 62.0 Å². The van der Waals surface area contributed by atoms with Crippen molar-refractivity contribution in [2.45, 2.75) is 84.0 Å². The number of allylic oxidation sites excluding steroid dienone is 6. The summed E-state index contributed by atoms with van der Waals surface area (Å²) in [7, 11) is 0. The zero-order valence-electron chi connectivity index (χ0n) is 30.2. The van der Waals surface area contributed by atoms with Gasteiger partial charge in [0.25, 0.3) is 0 Å².